The molecule has 0 N–H and O–H groups in total. The van der Waals surface area contributed by atoms with E-state index in [4.69, 9.17) is 0 Å². The lowest BCUT2D eigenvalue weighted by Crippen LogP contribution is -2.03. The van der Waals surface area contributed by atoms with Crippen molar-refractivity contribution in [1.29, 1.82) is 0 Å². The van der Waals surface area contributed by atoms with Crippen LogP contribution < -0.4 is 0 Å². The first-order chi connectivity index (χ1) is 7.04. The maximum absolute atomic E-state index is 4.12. The van der Waals surface area contributed by atoms with E-state index in [1.165, 1.54) is 22.2 Å². The largest absolute Gasteiger partial charge is 0.341 e. The highest BCUT2D eigenvalue weighted by Crippen LogP contribution is 2.28. The van der Waals surface area contributed by atoms with E-state index in [0.717, 1.165) is 5.69 Å². The van der Waals surface area contributed by atoms with E-state index < -0.39 is 0 Å². The summed E-state index contributed by atoms with van der Waals surface area (Å²) < 4.78 is 2.33. The van der Waals surface area contributed by atoms with Crippen molar-refractivity contribution in [1.82, 2.24) is 14.8 Å². The van der Waals surface area contributed by atoms with Crippen LogP contribution in [0.5, 0.6) is 0 Å². The summed E-state index contributed by atoms with van der Waals surface area (Å²) in [6, 6.07) is 0.463. The highest BCUT2D eigenvalue weighted by molar-refractivity contribution is 5.86. The Morgan fingerprint density at radius 2 is 1.87 bits per heavy atom. The summed E-state index contributed by atoms with van der Waals surface area (Å²) in [7, 11) is 0. The molecule has 3 nitrogen and oxygen atoms in total. The second-order valence-corrected chi connectivity index (χ2v) is 4.36. The quantitative estimate of drug-likeness (QED) is 0.713. The van der Waals surface area contributed by atoms with Gasteiger partial charge in [0.1, 0.15) is 0 Å². The van der Waals surface area contributed by atoms with Crippen LogP contribution in [0.3, 0.4) is 0 Å². The van der Waals surface area contributed by atoms with Gasteiger partial charge in [0, 0.05) is 17.1 Å². The fourth-order valence-corrected chi connectivity index (χ4v) is 2.32. The first kappa shape index (κ1) is 10.1. The molecule has 0 aliphatic carbocycles. The number of nitrogens with zero attached hydrogens (tertiary/aromatic N) is 3. The summed E-state index contributed by atoms with van der Waals surface area (Å²) in [5.74, 6) is 0. The van der Waals surface area contributed by atoms with E-state index in [-0.39, 0.29) is 0 Å². The second-order valence-electron chi connectivity index (χ2n) is 4.36. The van der Waals surface area contributed by atoms with Gasteiger partial charge in [0.2, 0.25) is 0 Å². The van der Waals surface area contributed by atoms with E-state index in [1.807, 2.05) is 13.1 Å². The minimum atomic E-state index is 0.463. The fraction of sp³-hybridized carbons (Fsp3) is 0.500. The van der Waals surface area contributed by atoms with E-state index in [9.17, 15) is 0 Å². The molecule has 15 heavy (non-hydrogen) atoms. The van der Waals surface area contributed by atoms with Gasteiger partial charge in [-0.3, -0.25) is 0 Å². The maximum atomic E-state index is 4.12. The molecule has 0 spiro atoms. The van der Waals surface area contributed by atoms with Crippen LogP contribution in [0.2, 0.25) is 0 Å². The van der Waals surface area contributed by atoms with Gasteiger partial charge in [-0.2, -0.15) is 10.2 Å². The molecule has 80 valence electrons. The SMILES string of the molecule is Cc1nncc2c1c(C)c(C)n2C(C)C. The van der Waals surface area contributed by atoms with Crippen LogP contribution >= 0.6 is 0 Å². The minimum absolute atomic E-state index is 0.463. The first-order valence-corrected chi connectivity index (χ1v) is 5.33. The number of rotatable bonds is 1. The Kier molecular flexibility index (Phi) is 2.25. The molecule has 3 heteroatoms. The Morgan fingerprint density at radius 1 is 1.20 bits per heavy atom. The van der Waals surface area contributed by atoms with Crippen LogP contribution in [0.4, 0.5) is 0 Å². The highest BCUT2D eigenvalue weighted by Gasteiger charge is 2.15. The van der Waals surface area contributed by atoms with Gasteiger partial charge in [0.05, 0.1) is 17.4 Å². The first-order valence-electron chi connectivity index (χ1n) is 5.33. The van der Waals surface area contributed by atoms with Crippen LogP contribution in [0.25, 0.3) is 10.9 Å². The van der Waals surface area contributed by atoms with Gasteiger partial charge in [-0.05, 0) is 40.2 Å². The molecule has 0 amide bonds. The molecule has 2 aromatic heterocycles. The molecule has 0 aliphatic rings. The number of hydrogen-bond acceptors (Lipinski definition) is 2. The van der Waals surface area contributed by atoms with Crippen molar-refractivity contribution in [2.75, 3.05) is 0 Å². The Labute approximate surface area is 90.1 Å². The van der Waals surface area contributed by atoms with E-state index in [2.05, 4.69) is 42.5 Å². The molecule has 2 heterocycles. The molecule has 0 saturated carbocycles. The third-order valence-electron chi connectivity index (χ3n) is 3.06. The molecule has 0 aliphatic heterocycles. The summed E-state index contributed by atoms with van der Waals surface area (Å²) >= 11 is 0. The fourth-order valence-electron chi connectivity index (χ4n) is 2.32. The molecule has 0 unspecified atom stereocenters. The zero-order valence-electron chi connectivity index (χ0n) is 10.00. The lowest BCUT2D eigenvalue weighted by molar-refractivity contribution is 0.605. The third kappa shape index (κ3) is 1.34. The van der Waals surface area contributed by atoms with Gasteiger partial charge in [0.25, 0.3) is 0 Å². The molecule has 0 bridgehead atoms. The lowest BCUT2D eigenvalue weighted by Gasteiger charge is -2.11. The van der Waals surface area contributed by atoms with E-state index in [1.54, 1.807) is 0 Å². The second kappa shape index (κ2) is 3.33. The van der Waals surface area contributed by atoms with Gasteiger partial charge in [0.15, 0.2) is 0 Å². The van der Waals surface area contributed by atoms with Crippen LogP contribution in [0.1, 0.15) is 36.8 Å². The topological polar surface area (TPSA) is 30.7 Å². The molecule has 2 rings (SSSR count). The number of hydrogen-bond donors (Lipinski definition) is 0. The van der Waals surface area contributed by atoms with Crippen molar-refractivity contribution in [3.05, 3.63) is 23.1 Å². The Morgan fingerprint density at radius 3 is 2.47 bits per heavy atom. The zero-order valence-corrected chi connectivity index (χ0v) is 10.00. The van der Waals surface area contributed by atoms with Gasteiger partial charge >= 0.3 is 0 Å². The molecule has 0 saturated heterocycles. The molecule has 0 atom stereocenters. The standard InChI is InChI=1S/C12H17N3/c1-7(2)15-10(5)8(3)12-9(4)14-13-6-11(12)15/h6-7H,1-5H3. The third-order valence-corrected chi connectivity index (χ3v) is 3.06. The number of aryl methyl sites for hydroxylation is 2. The van der Waals surface area contributed by atoms with E-state index in [0.29, 0.717) is 6.04 Å². The van der Waals surface area contributed by atoms with Crippen LogP contribution in [0.15, 0.2) is 6.20 Å². The predicted molar refractivity (Wildman–Crippen MR) is 62.1 cm³/mol. The Balaban J connectivity index is 2.94. The van der Waals surface area contributed by atoms with Gasteiger partial charge < -0.3 is 4.57 Å². The molecule has 2 aromatic rings. The summed E-state index contributed by atoms with van der Waals surface area (Å²) in [6.45, 7) is 10.7. The highest BCUT2D eigenvalue weighted by atomic mass is 15.1. The van der Waals surface area contributed by atoms with Crippen molar-refractivity contribution < 1.29 is 0 Å². The van der Waals surface area contributed by atoms with E-state index >= 15 is 0 Å². The van der Waals surface area contributed by atoms with Crippen molar-refractivity contribution in [3.63, 3.8) is 0 Å². The average Bonchev–Trinajstić information content (AvgIpc) is 2.41. The lowest BCUT2D eigenvalue weighted by atomic mass is 10.1. The summed E-state index contributed by atoms with van der Waals surface area (Å²) in [4.78, 5) is 0. The Bertz CT molecular complexity index is 509. The Hall–Kier alpha value is -1.38. The summed E-state index contributed by atoms with van der Waals surface area (Å²) in [5, 5.41) is 9.42. The maximum Gasteiger partial charge on any atom is 0.0740 e. The van der Waals surface area contributed by atoms with Crippen molar-refractivity contribution >= 4 is 10.9 Å². The van der Waals surface area contributed by atoms with Crippen LogP contribution in [-0.4, -0.2) is 14.8 Å². The van der Waals surface area contributed by atoms with Crippen molar-refractivity contribution in [2.24, 2.45) is 0 Å². The smallest absolute Gasteiger partial charge is 0.0740 e. The van der Waals surface area contributed by atoms with Gasteiger partial charge in [-0.15, -0.1) is 0 Å². The zero-order chi connectivity index (χ0) is 11.2. The normalized spacial score (nSPS) is 11.6. The van der Waals surface area contributed by atoms with Crippen LogP contribution in [0, 0.1) is 20.8 Å². The monoisotopic (exact) mass is 203 g/mol. The predicted octanol–water partition coefficient (Wildman–Crippen LogP) is 2.94. The van der Waals surface area contributed by atoms with Gasteiger partial charge in [-0.1, -0.05) is 0 Å². The summed E-state index contributed by atoms with van der Waals surface area (Å²) in [6.07, 6.45) is 1.86. The molecular formula is C12H17N3. The molecule has 0 fully saturated rings. The molecule has 0 radical (unpaired) electrons. The van der Waals surface area contributed by atoms with Crippen molar-refractivity contribution in [3.8, 4) is 0 Å². The number of fused-ring (bicyclic) bond motifs is 1. The number of aromatic nitrogens is 3. The van der Waals surface area contributed by atoms with Crippen molar-refractivity contribution in [2.45, 2.75) is 40.7 Å². The molecule has 0 aromatic carbocycles. The minimum Gasteiger partial charge on any atom is -0.341 e. The summed E-state index contributed by atoms with van der Waals surface area (Å²) in [5.41, 5.74) is 4.86. The average molecular weight is 203 g/mol. The van der Waals surface area contributed by atoms with Crippen LogP contribution in [-0.2, 0) is 0 Å². The van der Waals surface area contributed by atoms with Gasteiger partial charge in [-0.25, -0.2) is 0 Å². The molecular weight excluding hydrogens is 186 g/mol.